The number of halogens is 2. The minimum atomic E-state index is -0.0405. The predicted molar refractivity (Wildman–Crippen MR) is 104 cm³/mol. The molecule has 0 radical (unpaired) electrons. The molecule has 26 heavy (non-hydrogen) atoms. The smallest absolute Gasteiger partial charge is 0.121 e. The van der Waals surface area contributed by atoms with Crippen LogP contribution < -0.4 is 9.64 Å². The predicted octanol–water partition coefficient (Wildman–Crippen LogP) is 3.18. The van der Waals surface area contributed by atoms with Gasteiger partial charge in [-0.15, -0.1) is 0 Å². The highest BCUT2D eigenvalue weighted by Crippen LogP contribution is 2.37. The summed E-state index contributed by atoms with van der Waals surface area (Å²) >= 11 is 12.5. The molecule has 0 unspecified atom stereocenters. The molecule has 1 saturated heterocycles. The lowest BCUT2D eigenvalue weighted by molar-refractivity contribution is 0.0883. The molecule has 7 heteroatoms. The number of hydrogen-bond donors (Lipinski definition) is 2. The zero-order chi connectivity index (χ0) is 18.5. The number of aliphatic hydroxyl groups excluding tert-OH is 2. The summed E-state index contributed by atoms with van der Waals surface area (Å²) in [6.45, 7) is 2.40. The lowest BCUT2D eigenvalue weighted by Gasteiger charge is -2.42. The average molecular weight is 397 g/mol. The maximum Gasteiger partial charge on any atom is 0.121 e. The minimum Gasteiger partial charge on any atom is -0.491 e. The molecular formula is C19H22Cl2N2O3. The van der Waals surface area contributed by atoms with Crippen LogP contribution in [0.25, 0.3) is 0 Å². The molecule has 0 saturated carbocycles. The van der Waals surface area contributed by atoms with Crippen molar-refractivity contribution >= 4 is 28.9 Å². The van der Waals surface area contributed by atoms with E-state index in [0.717, 1.165) is 24.3 Å². The summed E-state index contributed by atoms with van der Waals surface area (Å²) in [4.78, 5) is 4.25. The molecule has 0 aromatic heterocycles. The Morgan fingerprint density at radius 1 is 1.04 bits per heavy atom. The average Bonchev–Trinajstić information content (AvgIpc) is 2.67. The van der Waals surface area contributed by atoms with E-state index in [1.807, 2.05) is 41.3 Å². The van der Waals surface area contributed by atoms with Crippen molar-refractivity contribution in [2.45, 2.75) is 6.04 Å². The van der Waals surface area contributed by atoms with Crippen LogP contribution >= 0.6 is 23.2 Å². The van der Waals surface area contributed by atoms with E-state index in [-0.39, 0.29) is 26.0 Å². The molecule has 140 valence electrons. The fraction of sp³-hybridized carbons (Fsp3) is 0.368. The van der Waals surface area contributed by atoms with Gasteiger partial charge in [-0.3, -0.25) is 4.90 Å². The standard InChI is InChI=1S/C19H22Cl2N2O3/c20-15-3-1-14(2-4-15)19-12-22(13-25)7-8-23(19)18-6-5-16(11-17(18)21)26-10-9-24/h1-6,11,19,24-25H,7-10,12-13H2/t19-/m0/s1. The Kier molecular flexibility index (Phi) is 6.62. The molecule has 0 bridgehead atoms. The second kappa shape index (κ2) is 8.93. The molecule has 1 atom stereocenters. The zero-order valence-corrected chi connectivity index (χ0v) is 15.8. The fourth-order valence-corrected chi connectivity index (χ4v) is 3.61. The summed E-state index contributed by atoms with van der Waals surface area (Å²) in [5.41, 5.74) is 2.03. The van der Waals surface area contributed by atoms with Crippen LogP contribution in [0.2, 0.25) is 10.0 Å². The third-order valence-electron chi connectivity index (χ3n) is 4.51. The Balaban J connectivity index is 1.89. The highest BCUT2D eigenvalue weighted by atomic mass is 35.5. The minimum absolute atomic E-state index is 0.0274. The van der Waals surface area contributed by atoms with Gasteiger partial charge in [0.05, 0.1) is 30.1 Å². The Morgan fingerprint density at radius 2 is 1.81 bits per heavy atom. The van der Waals surface area contributed by atoms with E-state index in [2.05, 4.69) is 4.90 Å². The molecule has 0 amide bonds. The van der Waals surface area contributed by atoms with Crippen LogP contribution in [-0.2, 0) is 0 Å². The van der Waals surface area contributed by atoms with Crippen molar-refractivity contribution in [3.05, 3.63) is 58.1 Å². The molecule has 2 aromatic carbocycles. The van der Waals surface area contributed by atoms with Gasteiger partial charge in [0.2, 0.25) is 0 Å². The van der Waals surface area contributed by atoms with E-state index in [1.54, 1.807) is 6.07 Å². The normalized spacial score (nSPS) is 18.2. The van der Waals surface area contributed by atoms with Gasteiger partial charge < -0.3 is 19.8 Å². The highest BCUT2D eigenvalue weighted by Gasteiger charge is 2.29. The van der Waals surface area contributed by atoms with Gasteiger partial charge in [0.1, 0.15) is 12.4 Å². The molecule has 5 nitrogen and oxygen atoms in total. The lowest BCUT2D eigenvalue weighted by atomic mass is 10.0. The van der Waals surface area contributed by atoms with E-state index in [9.17, 15) is 5.11 Å². The van der Waals surface area contributed by atoms with E-state index < -0.39 is 0 Å². The van der Waals surface area contributed by atoms with E-state index in [0.29, 0.717) is 22.3 Å². The number of ether oxygens (including phenoxy) is 1. The molecule has 0 aliphatic carbocycles. The van der Waals surface area contributed by atoms with Crippen molar-refractivity contribution in [1.29, 1.82) is 0 Å². The first-order valence-electron chi connectivity index (χ1n) is 8.51. The van der Waals surface area contributed by atoms with Gasteiger partial charge >= 0.3 is 0 Å². The van der Waals surface area contributed by atoms with E-state index >= 15 is 0 Å². The second-order valence-electron chi connectivity index (χ2n) is 6.16. The van der Waals surface area contributed by atoms with E-state index in [1.165, 1.54) is 0 Å². The van der Waals surface area contributed by atoms with Crippen LogP contribution in [0.3, 0.4) is 0 Å². The number of piperazine rings is 1. The first-order chi connectivity index (χ1) is 12.6. The van der Waals surface area contributed by atoms with Crippen molar-refractivity contribution in [2.24, 2.45) is 0 Å². The Bertz CT molecular complexity index is 727. The summed E-state index contributed by atoms with van der Waals surface area (Å²) in [7, 11) is 0. The molecule has 0 spiro atoms. The third kappa shape index (κ3) is 4.42. The van der Waals surface area contributed by atoms with Crippen LogP contribution in [0.15, 0.2) is 42.5 Å². The first kappa shape index (κ1) is 19.3. The van der Waals surface area contributed by atoms with Crippen LogP contribution in [0, 0.1) is 0 Å². The second-order valence-corrected chi connectivity index (χ2v) is 7.01. The Morgan fingerprint density at radius 3 is 2.46 bits per heavy atom. The molecule has 2 aromatic rings. The molecule has 1 aliphatic heterocycles. The summed E-state index contributed by atoms with van der Waals surface area (Å²) in [6.07, 6.45) is 0. The first-order valence-corrected chi connectivity index (χ1v) is 9.26. The molecule has 1 aliphatic rings. The van der Waals surface area contributed by atoms with Gasteiger partial charge in [0, 0.05) is 30.7 Å². The summed E-state index contributed by atoms with van der Waals surface area (Å²) in [5, 5.41) is 19.7. The van der Waals surface area contributed by atoms with Crippen LogP contribution in [0.4, 0.5) is 5.69 Å². The number of anilines is 1. The van der Waals surface area contributed by atoms with Gasteiger partial charge in [-0.1, -0.05) is 35.3 Å². The van der Waals surface area contributed by atoms with Crippen molar-refractivity contribution < 1.29 is 14.9 Å². The maximum absolute atomic E-state index is 9.55. The van der Waals surface area contributed by atoms with Crippen molar-refractivity contribution in [3.8, 4) is 5.75 Å². The molecule has 2 N–H and O–H groups in total. The molecule has 1 heterocycles. The number of aliphatic hydroxyl groups is 2. The van der Waals surface area contributed by atoms with Gasteiger partial charge in [0.15, 0.2) is 0 Å². The number of hydrogen-bond acceptors (Lipinski definition) is 5. The van der Waals surface area contributed by atoms with Crippen LogP contribution in [0.5, 0.6) is 5.75 Å². The molecular weight excluding hydrogens is 375 g/mol. The van der Waals surface area contributed by atoms with Gasteiger partial charge in [-0.05, 0) is 29.8 Å². The van der Waals surface area contributed by atoms with Gasteiger partial charge in [0.25, 0.3) is 0 Å². The van der Waals surface area contributed by atoms with Gasteiger partial charge in [-0.25, -0.2) is 0 Å². The Labute approximate surface area is 163 Å². The summed E-state index contributed by atoms with van der Waals surface area (Å²) in [6, 6.07) is 13.4. The fourth-order valence-electron chi connectivity index (χ4n) is 3.20. The number of nitrogens with zero attached hydrogens (tertiary/aromatic N) is 2. The molecule has 1 fully saturated rings. The molecule has 3 rings (SSSR count). The highest BCUT2D eigenvalue weighted by molar-refractivity contribution is 6.33. The largest absolute Gasteiger partial charge is 0.491 e. The monoisotopic (exact) mass is 396 g/mol. The van der Waals surface area contributed by atoms with Crippen molar-refractivity contribution in [2.75, 3.05) is 44.5 Å². The number of rotatable bonds is 6. The number of benzene rings is 2. The SMILES string of the molecule is OCCOc1ccc(N2CCN(CO)C[C@H]2c2ccc(Cl)cc2)c(Cl)c1. The van der Waals surface area contributed by atoms with Crippen molar-refractivity contribution in [3.63, 3.8) is 0 Å². The zero-order valence-electron chi connectivity index (χ0n) is 14.3. The van der Waals surface area contributed by atoms with E-state index in [4.69, 9.17) is 33.0 Å². The van der Waals surface area contributed by atoms with Crippen molar-refractivity contribution in [1.82, 2.24) is 4.90 Å². The van der Waals surface area contributed by atoms with Crippen LogP contribution in [0.1, 0.15) is 11.6 Å². The third-order valence-corrected chi connectivity index (χ3v) is 5.06. The maximum atomic E-state index is 9.55. The quantitative estimate of drug-likeness (QED) is 0.784. The lowest BCUT2D eigenvalue weighted by Crippen LogP contribution is -2.48. The Hall–Kier alpha value is -1.50. The van der Waals surface area contributed by atoms with Crippen LogP contribution in [-0.4, -0.2) is 54.7 Å². The topological polar surface area (TPSA) is 56.2 Å². The van der Waals surface area contributed by atoms with Gasteiger partial charge in [-0.2, -0.15) is 0 Å². The summed E-state index contributed by atoms with van der Waals surface area (Å²) < 4.78 is 5.43. The summed E-state index contributed by atoms with van der Waals surface area (Å²) in [5.74, 6) is 0.629.